The largest absolute Gasteiger partial charge is 0.490 e. The molecule has 0 aliphatic heterocycles. The first-order chi connectivity index (χ1) is 8.06. The number of aliphatic carboxylic acids is 1. The Morgan fingerprint density at radius 1 is 0.950 bits per heavy atom. The molecule has 0 atom stereocenters. The summed E-state index contributed by atoms with van der Waals surface area (Å²) < 4.78 is 31.7. The summed E-state index contributed by atoms with van der Waals surface area (Å²) in [5.41, 5.74) is 11.2. The van der Waals surface area contributed by atoms with Gasteiger partial charge in [-0.25, -0.2) is 4.79 Å². The highest BCUT2D eigenvalue weighted by Crippen LogP contribution is 2.13. The predicted molar refractivity (Wildman–Crippen MR) is 86.2 cm³/mol. The van der Waals surface area contributed by atoms with Crippen LogP contribution in [0.1, 0.15) is 54.4 Å². The molecule has 126 valence electrons. The van der Waals surface area contributed by atoms with Gasteiger partial charge in [0.15, 0.2) is 0 Å². The van der Waals surface area contributed by atoms with Crippen molar-refractivity contribution in [2.75, 3.05) is 0 Å². The number of carbonyl (C=O) groups is 1. The molecule has 0 fully saturated rings. The lowest BCUT2D eigenvalue weighted by Crippen LogP contribution is -2.30. The molecule has 0 saturated heterocycles. The molecule has 0 spiro atoms. The summed E-state index contributed by atoms with van der Waals surface area (Å²) in [5, 5.41) is 7.12. The van der Waals surface area contributed by atoms with E-state index < -0.39 is 12.1 Å². The second kappa shape index (κ2) is 11.6. The van der Waals surface area contributed by atoms with Crippen LogP contribution in [0.5, 0.6) is 0 Å². The number of hydrogen-bond acceptors (Lipinski definition) is 3. The normalized spacial score (nSPS) is 11.2. The fraction of sp³-hybridized carbons (Fsp3) is 0.917. The number of alkyl halides is 3. The van der Waals surface area contributed by atoms with E-state index in [0.717, 1.165) is 12.8 Å². The van der Waals surface area contributed by atoms with Crippen molar-refractivity contribution < 1.29 is 23.1 Å². The molecule has 0 unspecified atom stereocenters. The van der Waals surface area contributed by atoms with Crippen molar-refractivity contribution in [1.82, 2.24) is 0 Å². The smallest absolute Gasteiger partial charge is 0.475 e. The summed E-state index contributed by atoms with van der Waals surface area (Å²) in [7, 11) is 0. The van der Waals surface area contributed by atoms with Crippen molar-refractivity contribution in [2.45, 2.75) is 71.6 Å². The summed E-state index contributed by atoms with van der Waals surface area (Å²) >= 11 is 0. The van der Waals surface area contributed by atoms with Gasteiger partial charge in [0.1, 0.15) is 0 Å². The van der Waals surface area contributed by atoms with Gasteiger partial charge in [-0.3, -0.25) is 0 Å². The van der Waals surface area contributed by atoms with Gasteiger partial charge in [0.2, 0.25) is 0 Å². The van der Waals surface area contributed by atoms with Crippen molar-refractivity contribution in [3.05, 3.63) is 0 Å². The fourth-order valence-electron chi connectivity index (χ4n) is 0. The third kappa shape index (κ3) is 36.1. The lowest BCUT2D eigenvalue weighted by molar-refractivity contribution is -0.192. The number of nitrogens with two attached hydrogens (primary N) is 2. The third-order valence-corrected chi connectivity index (χ3v) is 2.06. The Morgan fingerprint density at radius 3 is 1.05 bits per heavy atom. The molecule has 0 radical (unpaired) electrons. The Balaban J connectivity index is -0.0000000941. The minimum Gasteiger partial charge on any atom is -0.475 e. The van der Waals surface area contributed by atoms with Crippen LogP contribution in [0.25, 0.3) is 0 Å². The Kier molecular flexibility index (Phi) is 16.3. The number of rotatable bonds is 2. The van der Waals surface area contributed by atoms with Crippen molar-refractivity contribution >= 4 is 29.9 Å². The van der Waals surface area contributed by atoms with Crippen LogP contribution < -0.4 is 11.5 Å². The second-order valence-corrected chi connectivity index (χ2v) is 5.49. The van der Waals surface area contributed by atoms with Gasteiger partial charge in [0.05, 0.1) is 0 Å². The molecule has 4 nitrogen and oxygen atoms in total. The van der Waals surface area contributed by atoms with Crippen LogP contribution in [0.2, 0.25) is 0 Å². The van der Waals surface area contributed by atoms with E-state index in [-0.39, 0.29) is 35.1 Å². The van der Waals surface area contributed by atoms with Crippen LogP contribution in [-0.4, -0.2) is 28.3 Å². The minimum absolute atomic E-state index is 0. The van der Waals surface area contributed by atoms with Crippen LogP contribution in [0.15, 0.2) is 0 Å². The Hall–Kier alpha value is -0.0900. The van der Waals surface area contributed by atoms with Crippen molar-refractivity contribution in [3.63, 3.8) is 0 Å². The van der Waals surface area contributed by atoms with Gasteiger partial charge in [-0.1, -0.05) is 13.8 Å². The number of hydrogen-bond donors (Lipinski definition) is 3. The van der Waals surface area contributed by atoms with E-state index >= 15 is 0 Å². The second-order valence-electron chi connectivity index (χ2n) is 5.49. The molecular formula is C12H28F3IN2O2. The molecule has 0 amide bonds. The monoisotopic (exact) mass is 416 g/mol. The highest BCUT2D eigenvalue weighted by Gasteiger charge is 2.38. The van der Waals surface area contributed by atoms with Crippen LogP contribution in [-0.2, 0) is 4.79 Å². The zero-order valence-electron chi connectivity index (χ0n) is 13.0. The van der Waals surface area contributed by atoms with E-state index in [1.165, 1.54) is 0 Å². The molecule has 0 bridgehead atoms. The van der Waals surface area contributed by atoms with E-state index in [4.69, 9.17) is 21.4 Å². The molecule has 0 saturated carbocycles. The van der Waals surface area contributed by atoms with E-state index in [2.05, 4.69) is 13.8 Å². The van der Waals surface area contributed by atoms with E-state index in [9.17, 15) is 13.2 Å². The highest BCUT2D eigenvalue weighted by atomic mass is 127. The first kappa shape index (κ1) is 28.1. The molecule has 0 aromatic rings. The first-order valence-electron chi connectivity index (χ1n) is 5.94. The van der Waals surface area contributed by atoms with Crippen LogP contribution in [0.3, 0.4) is 0 Å². The lowest BCUT2D eigenvalue weighted by atomic mass is 10.1. The van der Waals surface area contributed by atoms with Gasteiger partial charge < -0.3 is 16.6 Å². The van der Waals surface area contributed by atoms with Crippen LogP contribution in [0.4, 0.5) is 13.2 Å². The molecule has 0 rings (SSSR count). The quantitative estimate of drug-likeness (QED) is 0.601. The summed E-state index contributed by atoms with van der Waals surface area (Å²) in [6.45, 7) is 12.3. The maximum atomic E-state index is 10.6. The van der Waals surface area contributed by atoms with Gasteiger partial charge in [-0.05, 0) is 40.5 Å². The summed E-state index contributed by atoms with van der Waals surface area (Å²) in [4.78, 5) is 8.90. The van der Waals surface area contributed by atoms with Crippen molar-refractivity contribution in [1.29, 1.82) is 0 Å². The highest BCUT2D eigenvalue weighted by molar-refractivity contribution is 14.0. The fourth-order valence-corrected chi connectivity index (χ4v) is 0. The molecule has 8 heteroatoms. The van der Waals surface area contributed by atoms with Gasteiger partial charge in [0.25, 0.3) is 0 Å². The van der Waals surface area contributed by atoms with Crippen molar-refractivity contribution in [3.8, 4) is 0 Å². The van der Waals surface area contributed by atoms with Gasteiger partial charge in [-0.2, -0.15) is 13.2 Å². The number of carboxylic acid groups (broad SMARTS) is 1. The maximum absolute atomic E-state index is 10.6. The predicted octanol–water partition coefficient (Wildman–Crippen LogP) is 3.52. The van der Waals surface area contributed by atoms with Crippen LogP contribution >= 0.6 is 24.0 Å². The summed E-state index contributed by atoms with van der Waals surface area (Å²) in [6.07, 6.45) is -2.99. The molecular weight excluding hydrogens is 388 g/mol. The SMILES string of the molecule is CCC(C)(C)N.CCC(C)(C)N.I.O=C(O)C(F)(F)F. The maximum Gasteiger partial charge on any atom is 0.490 e. The van der Waals surface area contributed by atoms with E-state index in [0.29, 0.717) is 0 Å². The standard InChI is InChI=1S/2C5H13N.C2HF3O2.HI/c2*1-4-5(2,3)6;3-2(4,5)1(6)7;/h2*4,6H2,1-3H3;(H,6,7);1H. The molecule has 0 aliphatic carbocycles. The third-order valence-electron chi connectivity index (χ3n) is 2.06. The molecule has 0 aliphatic rings. The van der Waals surface area contributed by atoms with Crippen molar-refractivity contribution in [2.24, 2.45) is 11.5 Å². The zero-order valence-corrected chi connectivity index (χ0v) is 15.3. The zero-order chi connectivity index (χ0) is 16.5. The Morgan fingerprint density at radius 2 is 1.05 bits per heavy atom. The van der Waals surface area contributed by atoms with Gasteiger partial charge >= 0.3 is 12.1 Å². The minimum atomic E-state index is -5.08. The molecule has 5 N–H and O–H groups in total. The lowest BCUT2D eigenvalue weighted by Gasteiger charge is -2.13. The topological polar surface area (TPSA) is 89.3 Å². The van der Waals surface area contributed by atoms with Gasteiger partial charge in [-0.15, -0.1) is 24.0 Å². The molecule has 0 heterocycles. The van der Waals surface area contributed by atoms with Gasteiger partial charge in [0, 0.05) is 11.1 Å². The number of carboxylic acids is 1. The summed E-state index contributed by atoms with van der Waals surface area (Å²) in [5.74, 6) is -2.76. The average Bonchev–Trinajstić information content (AvgIpc) is 2.16. The van der Waals surface area contributed by atoms with E-state index in [1.807, 2.05) is 27.7 Å². The molecule has 0 aromatic carbocycles. The average molecular weight is 416 g/mol. The molecule has 20 heavy (non-hydrogen) atoms. The Labute approximate surface area is 136 Å². The van der Waals surface area contributed by atoms with Crippen LogP contribution in [0, 0.1) is 0 Å². The summed E-state index contributed by atoms with van der Waals surface area (Å²) in [6, 6.07) is 0. The molecule has 0 aromatic heterocycles. The van der Waals surface area contributed by atoms with E-state index in [1.54, 1.807) is 0 Å². The Bertz CT molecular complexity index is 233. The number of halogens is 4. The first-order valence-corrected chi connectivity index (χ1v) is 5.94.